The van der Waals surface area contributed by atoms with Crippen LogP contribution in [0.3, 0.4) is 0 Å². The number of rotatable bonds is 5. The van der Waals surface area contributed by atoms with Crippen LogP contribution in [0.2, 0.25) is 0 Å². The molecule has 15 heavy (non-hydrogen) atoms. The predicted octanol–water partition coefficient (Wildman–Crippen LogP) is 1.33. The van der Waals surface area contributed by atoms with Crippen LogP contribution in [-0.2, 0) is 11.3 Å². The molecule has 0 amide bonds. The molecule has 0 spiro atoms. The zero-order valence-electron chi connectivity index (χ0n) is 9.18. The van der Waals surface area contributed by atoms with Gasteiger partial charge in [-0.15, -0.1) is 0 Å². The minimum atomic E-state index is -0.893. The summed E-state index contributed by atoms with van der Waals surface area (Å²) in [5.41, 5.74) is 0.133. The highest BCUT2D eigenvalue weighted by atomic mass is 16.5. The van der Waals surface area contributed by atoms with Crippen molar-refractivity contribution in [3.8, 4) is 0 Å². The van der Waals surface area contributed by atoms with E-state index in [0.717, 1.165) is 5.56 Å². The first-order valence-corrected chi connectivity index (χ1v) is 5.05. The van der Waals surface area contributed by atoms with Crippen LogP contribution in [-0.4, -0.2) is 28.5 Å². The molecule has 2 N–H and O–H groups in total. The number of ether oxygens (including phenoxy) is 1. The molecule has 0 aliphatic carbocycles. The molecule has 2 atom stereocenters. The predicted molar refractivity (Wildman–Crippen MR) is 58.4 cm³/mol. The van der Waals surface area contributed by atoms with Crippen LogP contribution in [0.15, 0.2) is 30.3 Å². The van der Waals surface area contributed by atoms with Crippen LogP contribution in [0.4, 0.5) is 0 Å². The van der Waals surface area contributed by atoms with E-state index in [2.05, 4.69) is 0 Å². The molecule has 0 saturated heterocycles. The lowest BCUT2D eigenvalue weighted by molar-refractivity contribution is -0.138. The summed E-state index contributed by atoms with van der Waals surface area (Å²) in [4.78, 5) is 0. The normalized spacial score (nSPS) is 17.1. The summed E-state index contributed by atoms with van der Waals surface area (Å²) in [5.74, 6) is 0. The van der Waals surface area contributed by atoms with Crippen LogP contribution in [0, 0.1) is 0 Å². The largest absolute Gasteiger partial charge is 0.393 e. The van der Waals surface area contributed by atoms with Gasteiger partial charge in [-0.2, -0.15) is 0 Å². The van der Waals surface area contributed by atoms with Crippen molar-refractivity contribution in [2.24, 2.45) is 0 Å². The molecule has 1 aromatic rings. The fourth-order valence-corrected chi connectivity index (χ4v) is 1.12. The van der Waals surface area contributed by atoms with Crippen molar-refractivity contribution >= 4 is 0 Å². The summed E-state index contributed by atoms with van der Waals surface area (Å²) in [6.07, 6.45) is -0.703. The van der Waals surface area contributed by atoms with E-state index in [1.807, 2.05) is 30.3 Å². The average Bonchev–Trinajstić information content (AvgIpc) is 2.27. The van der Waals surface area contributed by atoms with E-state index in [1.54, 1.807) is 13.8 Å². The summed E-state index contributed by atoms with van der Waals surface area (Å²) in [5, 5.41) is 18.6. The van der Waals surface area contributed by atoms with Gasteiger partial charge in [-0.05, 0) is 19.4 Å². The Labute approximate surface area is 90.3 Å². The van der Waals surface area contributed by atoms with Crippen molar-refractivity contribution in [1.29, 1.82) is 0 Å². The van der Waals surface area contributed by atoms with Crippen molar-refractivity contribution in [2.75, 3.05) is 6.61 Å². The molecule has 0 radical (unpaired) electrons. The molecule has 0 aromatic heterocycles. The van der Waals surface area contributed by atoms with Gasteiger partial charge in [0.1, 0.15) is 5.60 Å². The molecule has 1 rings (SSSR count). The average molecular weight is 210 g/mol. The van der Waals surface area contributed by atoms with Gasteiger partial charge >= 0.3 is 0 Å². The molecule has 0 aliphatic heterocycles. The highest BCUT2D eigenvalue weighted by Crippen LogP contribution is 2.17. The van der Waals surface area contributed by atoms with E-state index in [-0.39, 0.29) is 6.61 Å². The standard InChI is InChI=1S/C12H18O3/c1-10(14)12(2,9-13)15-8-11-6-4-3-5-7-11/h3-7,10,13-14H,8-9H2,1-2H3. The first-order chi connectivity index (χ1) is 7.08. The molecule has 3 nitrogen and oxygen atoms in total. The molecule has 0 saturated carbocycles. The summed E-state index contributed by atoms with van der Waals surface area (Å²) in [7, 11) is 0. The maximum Gasteiger partial charge on any atom is 0.114 e. The van der Waals surface area contributed by atoms with E-state index >= 15 is 0 Å². The van der Waals surface area contributed by atoms with Crippen LogP contribution < -0.4 is 0 Å². The van der Waals surface area contributed by atoms with Crippen molar-refractivity contribution in [3.63, 3.8) is 0 Å². The van der Waals surface area contributed by atoms with Gasteiger partial charge in [-0.1, -0.05) is 30.3 Å². The van der Waals surface area contributed by atoms with Crippen LogP contribution >= 0.6 is 0 Å². The molecule has 0 fully saturated rings. The van der Waals surface area contributed by atoms with Crippen molar-refractivity contribution in [1.82, 2.24) is 0 Å². The Balaban J connectivity index is 2.55. The molecule has 1 aromatic carbocycles. The van der Waals surface area contributed by atoms with E-state index in [0.29, 0.717) is 6.61 Å². The summed E-state index contributed by atoms with van der Waals surface area (Å²) >= 11 is 0. The third kappa shape index (κ3) is 3.30. The summed E-state index contributed by atoms with van der Waals surface area (Å²) < 4.78 is 5.53. The van der Waals surface area contributed by atoms with Gasteiger partial charge in [-0.25, -0.2) is 0 Å². The highest BCUT2D eigenvalue weighted by molar-refractivity contribution is 5.13. The lowest BCUT2D eigenvalue weighted by Gasteiger charge is -2.30. The number of hydrogen-bond donors (Lipinski definition) is 2. The Hall–Kier alpha value is -0.900. The Bertz CT molecular complexity index is 284. The van der Waals surface area contributed by atoms with Gasteiger partial charge in [0.25, 0.3) is 0 Å². The molecule has 3 heteroatoms. The Morgan fingerprint density at radius 2 is 1.93 bits per heavy atom. The smallest absolute Gasteiger partial charge is 0.114 e. The van der Waals surface area contributed by atoms with Gasteiger partial charge in [0, 0.05) is 0 Å². The summed E-state index contributed by atoms with van der Waals surface area (Å²) in [6.45, 7) is 3.50. The molecular weight excluding hydrogens is 192 g/mol. The van der Waals surface area contributed by atoms with Crippen molar-refractivity contribution < 1.29 is 14.9 Å². The zero-order chi connectivity index (χ0) is 11.3. The van der Waals surface area contributed by atoms with E-state index in [1.165, 1.54) is 0 Å². The number of benzene rings is 1. The van der Waals surface area contributed by atoms with Gasteiger partial charge in [-0.3, -0.25) is 0 Å². The first kappa shape index (κ1) is 12.2. The second-order valence-corrected chi connectivity index (χ2v) is 3.92. The molecule has 0 aliphatic rings. The maximum absolute atomic E-state index is 9.46. The minimum absolute atomic E-state index is 0.197. The SMILES string of the molecule is CC(O)C(C)(CO)OCc1ccccc1. The lowest BCUT2D eigenvalue weighted by atomic mass is 10.0. The maximum atomic E-state index is 9.46. The van der Waals surface area contributed by atoms with Gasteiger partial charge in [0.2, 0.25) is 0 Å². The van der Waals surface area contributed by atoms with Gasteiger partial charge in [0.05, 0.1) is 19.3 Å². The molecule has 0 bridgehead atoms. The zero-order valence-corrected chi connectivity index (χ0v) is 9.18. The monoisotopic (exact) mass is 210 g/mol. The van der Waals surface area contributed by atoms with Crippen molar-refractivity contribution in [2.45, 2.75) is 32.2 Å². The fraction of sp³-hybridized carbons (Fsp3) is 0.500. The van der Waals surface area contributed by atoms with Crippen LogP contribution in [0.1, 0.15) is 19.4 Å². The lowest BCUT2D eigenvalue weighted by Crippen LogP contribution is -2.43. The quantitative estimate of drug-likeness (QED) is 0.771. The Kier molecular flexibility index (Phi) is 4.27. The molecule has 2 unspecified atom stereocenters. The second kappa shape index (κ2) is 5.26. The number of aliphatic hydroxyl groups is 2. The minimum Gasteiger partial charge on any atom is -0.393 e. The number of aliphatic hydroxyl groups excluding tert-OH is 2. The number of hydrogen-bond acceptors (Lipinski definition) is 3. The Morgan fingerprint density at radius 1 is 1.33 bits per heavy atom. The molecule has 0 heterocycles. The Morgan fingerprint density at radius 3 is 2.40 bits per heavy atom. The topological polar surface area (TPSA) is 49.7 Å². The molecule has 84 valence electrons. The summed E-state index contributed by atoms with van der Waals surface area (Å²) in [6, 6.07) is 9.68. The van der Waals surface area contributed by atoms with E-state index in [9.17, 15) is 5.11 Å². The third-order valence-electron chi connectivity index (χ3n) is 2.61. The van der Waals surface area contributed by atoms with E-state index in [4.69, 9.17) is 9.84 Å². The first-order valence-electron chi connectivity index (χ1n) is 5.05. The highest BCUT2D eigenvalue weighted by Gasteiger charge is 2.30. The van der Waals surface area contributed by atoms with E-state index < -0.39 is 11.7 Å². The van der Waals surface area contributed by atoms with Crippen LogP contribution in [0.25, 0.3) is 0 Å². The molecular formula is C12H18O3. The fourth-order valence-electron chi connectivity index (χ4n) is 1.12. The van der Waals surface area contributed by atoms with Crippen molar-refractivity contribution in [3.05, 3.63) is 35.9 Å². The second-order valence-electron chi connectivity index (χ2n) is 3.92. The van der Waals surface area contributed by atoms with Gasteiger partial charge < -0.3 is 14.9 Å². The third-order valence-corrected chi connectivity index (χ3v) is 2.61. The van der Waals surface area contributed by atoms with Crippen LogP contribution in [0.5, 0.6) is 0 Å². The van der Waals surface area contributed by atoms with Gasteiger partial charge in [0.15, 0.2) is 0 Å².